The number of allylic oxidation sites excluding steroid dienone is 1. The van der Waals surface area contributed by atoms with E-state index in [1.54, 1.807) is 19.2 Å². The third kappa shape index (κ3) is 6.06. The van der Waals surface area contributed by atoms with Gasteiger partial charge in [-0.05, 0) is 90.9 Å². The van der Waals surface area contributed by atoms with Crippen molar-refractivity contribution >= 4 is 33.3 Å². The number of carbonyl (C=O) groups excluding carboxylic acids is 2. The van der Waals surface area contributed by atoms with E-state index >= 15 is 0 Å². The second-order valence-electron chi connectivity index (χ2n) is 10.3. The molecular formula is C31H37BrN2O5. The van der Waals surface area contributed by atoms with Crippen LogP contribution in [0.1, 0.15) is 76.5 Å². The number of nitrogens with one attached hydrogen (secondary N) is 1. The molecular weight excluding hydrogens is 560 g/mol. The van der Waals surface area contributed by atoms with Gasteiger partial charge in [0.25, 0.3) is 0 Å². The summed E-state index contributed by atoms with van der Waals surface area (Å²) in [5, 5.41) is 13.7. The highest BCUT2D eigenvalue weighted by Crippen LogP contribution is 2.47. The zero-order chi connectivity index (χ0) is 28.3. The van der Waals surface area contributed by atoms with E-state index in [9.17, 15) is 14.7 Å². The van der Waals surface area contributed by atoms with Crippen LogP contribution in [0.4, 0.5) is 0 Å². The van der Waals surface area contributed by atoms with E-state index in [0.717, 1.165) is 41.9 Å². The quantitative estimate of drug-likeness (QED) is 0.338. The van der Waals surface area contributed by atoms with Gasteiger partial charge in [0, 0.05) is 29.3 Å². The van der Waals surface area contributed by atoms with E-state index in [4.69, 9.17) is 14.5 Å². The molecule has 2 aromatic rings. The fourth-order valence-corrected chi connectivity index (χ4v) is 6.28. The van der Waals surface area contributed by atoms with Gasteiger partial charge in [-0.25, -0.2) is 0 Å². The molecule has 0 aromatic heterocycles. The summed E-state index contributed by atoms with van der Waals surface area (Å²) in [6.45, 7) is 8.10. The number of Topliss-reactive ketones (excluding diaryl/α,β-unsaturated/α-hetero) is 1. The Bertz CT molecular complexity index is 1300. The van der Waals surface area contributed by atoms with Crippen LogP contribution < -0.4 is 14.8 Å². The van der Waals surface area contributed by atoms with Crippen molar-refractivity contribution in [1.29, 1.82) is 0 Å². The lowest BCUT2D eigenvalue weighted by Crippen LogP contribution is -2.43. The number of rotatable bonds is 9. The number of aromatic hydroxyl groups is 1. The minimum atomic E-state index is -0.549. The number of phenols is 1. The van der Waals surface area contributed by atoms with E-state index < -0.39 is 11.8 Å². The molecule has 0 saturated heterocycles. The molecule has 1 aliphatic heterocycles. The monoisotopic (exact) mass is 596 g/mol. The summed E-state index contributed by atoms with van der Waals surface area (Å²) in [5.74, 6) is 0.0507. The van der Waals surface area contributed by atoms with Gasteiger partial charge in [0.2, 0.25) is 5.91 Å². The lowest BCUT2D eigenvalue weighted by atomic mass is 9.66. The molecule has 208 valence electrons. The molecule has 1 heterocycles. The molecule has 2 aliphatic rings. The first-order valence-corrected chi connectivity index (χ1v) is 14.4. The summed E-state index contributed by atoms with van der Waals surface area (Å²) in [5.41, 5.74) is 3.57. The first-order valence-electron chi connectivity index (χ1n) is 13.6. The molecule has 0 spiro atoms. The average molecular weight is 598 g/mol. The molecule has 2 aromatic carbocycles. The minimum absolute atomic E-state index is 0.0110. The van der Waals surface area contributed by atoms with Crippen molar-refractivity contribution in [2.45, 2.75) is 65.3 Å². The van der Waals surface area contributed by atoms with Gasteiger partial charge in [-0.3, -0.25) is 14.6 Å². The fourth-order valence-electron chi connectivity index (χ4n) is 5.82. The molecule has 1 amide bonds. The number of ketones is 1. The molecule has 1 saturated carbocycles. The first-order chi connectivity index (χ1) is 18.7. The topological polar surface area (TPSA) is 97.2 Å². The number of aliphatic imine (C=N–C) groups is 1. The van der Waals surface area contributed by atoms with Crippen LogP contribution in [0.3, 0.4) is 0 Å². The molecule has 0 bridgehead atoms. The Hall–Kier alpha value is -3.13. The Morgan fingerprint density at radius 3 is 2.54 bits per heavy atom. The minimum Gasteiger partial charge on any atom is -0.503 e. The van der Waals surface area contributed by atoms with Gasteiger partial charge in [-0.1, -0.05) is 25.5 Å². The molecule has 7 nitrogen and oxygen atoms in total. The summed E-state index contributed by atoms with van der Waals surface area (Å²) >= 11 is 3.45. The van der Waals surface area contributed by atoms with Crippen LogP contribution in [0.2, 0.25) is 0 Å². The van der Waals surface area contributed by atoms with Crippen molar-refractivity contribution in [3.8, 4) is 17.2 Å². The number of carbonyl (C=O) groups is 2. The number of hydrogen-bond acceptors (Lipinski definition) is 6. The predicted molar refractivity (Wildman–Crippen MR) is 156 cm³/mol. The van der Waals surface area contributed by atoms with E-state index in [2.05, 4.69) is 28.2 Å². The third-order valence-corrected chi connectivity index (χ3v) is 8.26. The lowest BCUT2D eigenvalue weighted by Gasteiger charge is -2.38. The van der Waals surface area contributed by atoms with Gasteiger partial charge in [0.05, 0.1) is 30.1 Å². The van der Waals surface area contributed by atoms with Crippen LogP contribution in [0.5, 0.6) is 17.2 Å². The average Bonchev–Trinajstić information content (AvgIpc) is 2.90. The van der Waals surface area contributed by atoms with Gasteiger partial charge >= 0.3 is 0 Å². The molecule has 3 unspecified atom stereocenters. The van der Waals surface area contributed by atoms with Crippen LogP contribution in [-0.4, -0.2) is 36.2 Å². The molecule has 4 atom stereocenters. The molecule has 4 rings (SSSR count). The number of hydrogen-bond donors (Lipinski definition) is 2. The van der Waals surface area contributed by atoms with Crippen LogP contribution in [0.25, 0.3) is 0 Å². The highest BCUT2D eigenvalue weighted by molar-refractivity contribution is 9.10. The Kier molecular flexibility index (Phi) is 9.15. The number of benzene rings is 2. The zero-order valence-electron chi connectivity index (χ0n) is 23.2. The summed E-state index contributed by atoms with van der Waals surface area (Å²) in [7, 11) is 1.61. The number of fused-ring (bicyclic) bond motifs is 1. The molecule has 2 N–H and O–H groups in total. The van der Waals surface area contributed by atoms with Crippen molar-refractivity contribution < 1.29 is 24.2 Å². The Morgan fingerprint density at radius 1 is 1.18 bits per heavy atom. The van der Waals surface area contributed by atoms with Crippen LogP contribution >= 0.6 is 15.9 Å². The number of halogens is 1. The third-order valence-electron chi connectivity index (χ3n) is 7.65. The van der Waals surface area contributed by atoms with Crippen LogP contribution in [0.15, 0.2) is 57.1 Å². The first kappa shape index (κ1) is 28.9. The maximum atomic E-state index is 13.9. The number of ether oxygens (including phenoxy) is 2. The van der Waals surface area contributed by atoms with Crippen molar-refractivity contribution in [1.82, 2.24) is 5.32 Å². The highest BCUT2D eigenvalue weighted by atomic mass is 79.9. The number of nitrogens with zero attached hydrogens (tertiary/aromatic N) is 1. The highest BCUT2D eigenvalue weighted by Gasteiger charge is 2.45. The van der Waals surface area contributed by atoms with E-state index in [1.165, 1.54) is 0 Å². The second kappa shape index (κ2) is 12.4. The van der Waals surface area contributed by atoms with Gasteiger partial charge in [-0.2, -0.15) is 0 Å². The normalized spacial score (nSPS) is 21.6. The van der Waals surface area contributed by atoms with Crippen LogP contribution in [-0.2, 0) is 9.59 Å². The van der Waals surface area contributed by atoms with Crippen molar-refractivity contribution in [2.24, 2.45) is 16.8 Å². The lowest BCUT2D eigenvalue weighted by molar-refractivity contribution is -0.123. The van der Waals surface area contributed by atoms with E-state index in [0.29, 0.717) is 34.5 Å². The zero-order valence-corrected chi connectivity index (χ0v) is 24.8. The number of phenolic OH excluding ortho intramolecular Hbond substituents is 1. The SMILES string of the molecule is CCCC1CC(=O)C2C(=NC(C)=C(C(=O)N[C@@H](C)c3ccc(OC)cc3)C2c2cc(Br)c(O)c(OCC)c2)C1. The molecule has 1 fully saturated rings. The summed E-state index contributed by atoms with van der Waals surface area (Å²) in [6.07, 6.45) is 3.19. The smallest absolute Gasteiger partial charge is 0.250 e. The van der Waals surface area contributed by atoms with Crippen molar-refractivity contribution in [2.75, 3.05) is 13.7 Å². The van der Waals surface area contributed by atoms with Crippen LogP contribution in [0, 0.1) is 11.8 Å². The molecule has 8 heteroatoms. The number of amides is 1. The van der Waals surface area contributed by atoms with Gasteiger partial charge in [-0.15, -0.1) is 0 Å². The van der Waals surface area contributed by atoms with E-state index in [-0.39, 0.29) is 29.4 Å². The Morgan fingerprint density at radius 2 is 1.90 bits per heavy atom. The largest absolute Gasteiger partial charge is 0.503 e. The van der Waals surface area contributed by atoms with E-state index in [1.807, 2.05) is 45.0 Å². The van der Waals surface area contributed by atoms with Crippen molar-refractivity contribution in [3.63, 3.8) is 0 Å². The molecule has 0 radical (unpaired) electrons. The standard InChI is InChI=1S/C31H37BrN2O5/c1-6-8-19-13-24-29(25(35)14-19)28(21-15-23(32)30(36)26(16-21)39-7-2)27(18(4)33-24)31(37)34-17(3)20-9-11-22(38-5)12-10-20/h9-12,15-17,19,28-29,36H,6-8,13-14H2,1-5H3,(H,34,37)/t17-,19?,28?,29?/m0/s1. The van der Waals surface area contributed by atoms with Crippen molar-refractivity contribution in [3.05, 3.63) is 63.3 Å². The maximum absolute atomic E-state index is 13.9. The second-order valence-corrected chi connectivity index (χ2v) is 11.2. The maximum Gasteiger partial charge on any atom is 0.250 e. The summed E-state index contributed by atoms with van der Waals surface area (Å²) < 4.78 is 11.4. The Labute approximate surface area is 238 Å². The Balaban J connectivity index is 1.77. The van der Waals surface area contributed by atoms with Gasteiger partial charge in [0.1, 0.15) is 11.5 Å². The molecule has 1 aliphatic carbocycles. The predicted octanol–water partition coefficient (Wildman–Crippen LogP) is 6.65. The summed E-state index contributed by atoms with van der Waals surface area (Å²) in [4.78, 5) is 32.5. The molecule has 39 heavy (non-hydrogen) atoms. The summed E-state index contributed by atoms with van der Waals surface area (Å²) in [6, 6.07) is 10.8. The fraction of sp³-hybridized carbons (Fsp3) is 0.452. The number of methoxy groups -OCH3 is 1. The van der Waals surface area contributed by atoms with Gasteiger partial charge in [0.15, 0.2) is 11.5 Å². The van der Waals surface area contributed by atoms with Gasteiger partial charge < -0.3 is 19.9 Å².